The third-order valence-corrected chi connectivity index (χ3v) is 2.04. The number of hydrogen-bond acceptors (Lipinski definition) is 5. The molecule has 1 aromatic rings. The quantitative estimate of drug-likeness (QED) is 0.592. The van der Waals surface area contributed by atoms with Crippen molar-refractivity contribution >= 4 is 17.4 Å². The van der Waals surface area contributed by atoms with Crippen LogP contribution in [0.2, 0.25) is 0 Å². The summed E-state index contributed by atoms with van der Waals surface area (Å²) >= 11 is 0. The Bertz CT molecular complexity index is 340. The first-order valence-electron chi connectivity index (χ1n) is 5.43. The summed E-state index contributed by atoms with van der Waals surface area (Å²) in [4.78, 5) is 15.1. The molecule has 0 aromatic carbocycles. The van der Waals surface area contributed by atoms with Gasteiger partial charge in [0.05, 0.1) is 11.9 Å². The van der Waals surface area contributed by atoms with Gasteiger partial charge in [-0.1, -0.05) is 0 Å². The molecular formula is C11H18N4O2. The van der Waals surface area contributed by atoms with Gasteiger partial charge in [-0.15, -0.1) is 0 Å². The van der Waals surface area contributed by atoms with Gasteiger partial charge in [0.15, 0.2) is 0 Å². The summed E-state index contributed by atoms with van der Waals surface area (Å²) in [6.45, 7) is 1.46. The lowest BCUT2D eigenvalue weighted by Gasteiger charge is -2.06. The molecule has 6 heteroatoms. The summed E-state index contributed by atoms with van der Waals surface area (Å²) in [5.41, 5.74) is 6.16. The van der Waals surface area contributed by atoms with E-state index < -0.39 is 0 Å². The molecule has 0 radical (unpaired) electrons. The number of nitrogens with one attached hydrogen (secondary N) is 2. The Morgan fingerprint density at radius 3 is 2.94 bits per heavy atom. The lowest BCUT2D eigenvalue weighted by molar-refractivity contribution is -0.124. The number of hydrogen-bond donors (Lipinski definition) is 3. The number of nitrogens with two attached hydrogens (primary N) is 1. The fourth-order valence-electron chi connectivity index (χ4n) is 1.22. The van der Waals surface area contributed by atoms with Gasteiger partial charge in [-0.05, 0) is 18.6 Å². The molecule has 1 amide bonds. The molecule has 1 aromatic heterocycles. The summed E-state index contributed by atoms with van der Waals surface area (Å²) in [5.74, 6) is 0.681. The fourth-order valence-corrected chi connectivity index (χ4v) is 1.22. The highest BCUT2D eigenvalue weighted by molar-refractivity contribution is 5.77. The van der Waals surface area contributed by atoms with Crippen LogP contribution in [0.25, 0.3) is 0 Å². The van der Waals surface area contributed by atoms with Gasteiger partial charge in [0, 0.05) is 20.2 Å². The first-order valence-corrected chi connectivity index (χ1v) is 5.43. The van der Waals surface area contributed by atoms with Crippen LogP contribution in [-0.4, -0.2) is 37.7 Å². The van der Waals surface area contributed by atoms with Crippen LogP contribution in [0.4, 0.5) is 11.5 Å². The summed E-state index contributed by atoms with van der Waals surface area (Å²) in [6.07, 6.45) is 2.42. The summed E-state index contributed by atoms with van der Waals surface area (Å²) in [5, 5.41) is 5.86. The van der Waals surface area contributed by atoms with Gasteiger partial charge in [0.1, 0.15) is 12.4 Å². The predicted molar refractivity (Wildman–Crippen MR) is 66.6 cm³/mol. The summed E-state index contributed by atoms with van der Waals surface area (Å²) in [7, 11) is 1.49. The van der Waals surface area contributed by atoms with E-state index in [0.717, 1.165) is 18.8 Å². The highest BCUT2D eigenvalue weighted by Crippen LogP contribution is 2.05. The van der Waals surface area contributed by atoms with Crippen molar-refractivity contribution in [2.45, 2.75) is 6.42 Å². The SMILES string of the molecule is COCC(=O)NCCCNc1ccc(N)cn1. The van der Waals surface area contributed by atoms with Crippen molar-refractivity contribution in [3.05, 3.63) is 18.3 Å². The predicted octanol–water partition coefficient (Wildman–Crippen LogP) is 0.228. The second-order valence-corrected chi connectivity index (χ2v) is 3.54. The standard InChI is InChI=1S/C11H18N4O2/c1-17-8-11(16)14-6-2-5-13-10-4-3-9(12)7-15-10/h3-4,7H,2,5-6,8,12H2,1H3,(H,13,15)(H,14,16). The number of carbonyl (C=O) groups excluding carboxylic acids is 1. The molecule has 0 atom stereocenters. The minimum atomic E-state index is -0.0990. The number of anilines is 2. The van der Waals surface area contributed by atoms with Crippen LogP contribution < -0.4 is 16.4 Å². The van der Waals surface area contributed by atoms with Gasteiger partial charge in [-0.2, -0.15) is 0 Å². The second kappa shape index (κ2) is 7.45. The molecule has 4 N–H and O–H groups in total. The molecule has 0 bridgehead atoms. The van der Waals surface area contributed by atoms with Crippen LogP contribution in [0.1, 0.15) is 6.42 Å². The van der Waals surface area contributed by atoms with Crippen LogP contribution in [0.15, 0.2) is 18.3 Å². The van der Waals surface area contributed by atoms with Crippen molar-refractivity contribution in [3.63, 3.8) is 0 Å². The molecule has 6 nitrogen and oxygen atoms in total. The number of ether oxygens (including phenoxy) is 1. The number of rotatable bonds is 7. The average molecular weight is 238 g/mol. The fraction of sp³-hybridized carbons (Fsp3) is 0.455. The topological polar surface area (TPSA) is 89.3 Å². The zero-order chi connectivity index (χ0) is 12.5. The normalized spacial score (nSPS) is 9.94. The van der Waals surface area contributed by atoms with E-state index in [1.54, 1.807) is 12.3 Å². The van der Waals surface area contributed by atoms with Crippen LogP contribution in [0.3, 0.4) is 0 Å². The molecular weight excluding hydrogens is 220 g/mol. The Hall–Kier alpha value is -1.82. The smallest absolute Gasteiger partial charge is 0.245 e. The molecule has 17 heavy (non-hydrogen) atoms. The van der Waals surface area contributed by atoms with Gasteiger partial charge < -0.3 is 21.1 Å². The second-order valence-electron chi connectivity index (χ2n) is 3.54. The van der Waals surface area contributed by atoms with Gasteiger partial charge >= 0.3 is 0 Å². The van der Waals surface area contributed by atoms with Crippen LogP contribution in [0.5, 0.6) is 0 Å². The number of aromatic nitrogens is 1. The lowest BCUT2D eigenvalue weighted by atomic mass is 10.4. The lowest BCUT2D eigenvalue weighted by Crippen LogP contribution is -2.29. The minimum Gasteiger partial charge on any atom is -0.397 e. The minimum absolute atomic E-state index is 0.0990. The van der Waals surface area contributed by atoms with E-state index in [9.17, 15) is 4.79 Å². The third kappa shape index (κ3) is 5.72. The monoisotopic (exact) mass is 238 g/mol. The maximum absolute atomic E-state index is 11.0. The van der Waals surface area contributed by atoms with Gasteiger partial charge in [0.2, 0.25) is 5.91 Å². The molecule has 0 aliphatic heterocycles. The summed E-state index contributed by atoms with van der Waals surface area (Å²) < 4.78 is 4.69. The number of amides is 1. The van der Waals surface area contributed by atoms with Crippen molar-refractivity contribution in [2.75, 3.05) is 37.9 Å². The Kier molecular flexibility index (Phi) is 5.81. The van der Waals surface area contributed by atoms with E-state index in [0.29, 0.717) is 12.2 Å². The Morgan fingerprint density at radius 2 is 2.29 bits per heavy atom. The Balaban J connectivity index is 2.08. The van der Waals surface area contributed by atoms with Crippen LogP contribution in [-0.2, 0) is 9.53 Å². The van der Waals surface area contributed by atoms with Gasteiger partial charge in [-0.25, -0.2) is 4.98 Å². The van der Waals surface area contributed by atoms with Gasteiger partial charge in [0.25, 0.3) is 0 Å². The van der Waals surface area contributed by atoms with Crippen molar-refractivity contribution < 1.29 is 9.53 Å². The highest BCUT2D eigenvalue weighted by atomic mass is 16.5. The number of carbonyl (C=O) groups is 1. The zero-order valence-electron chi connectivity index (χ0n) is 9.90. The molecule has 0 unspecified atom stereocenters. The third-order valence-electron chi connectivity index (χ3n) is 2.04. The molecule has 0 aliphatic rings. The molecule has 0 spiro atoms. The largest absolute Gasteiger partial charge is 0.397 e. The zero-order valence-corrected chi connectivity index (χ0v) is 9.90. The van der Waals surface area contributed by atoms with E-state index >= 15 is 0 Å². The average Bonchev–Trinajstić information content (AvgIpc) is 2.31. The molecule has 1 rings (SSSR count). The number of nitrogen functional groups attached to an aromatic ring is 1. The van der Waals surface area contributed by atoms with E-state index in [1.165, 1.54) is 7.11 Å². The highest BCUT2D eigenvalue weighted by Gasteiger charge is 1.98. The molecule has 0 saturated carbocycles. The molecule has 0 fully saturated rings. The van der Waals surface area contributed by atoms with Crippen molar-refractivity contribution in [1.82, 2.24) is 10.3 Å². The van der Waals surface area contributed by atoms with Crippen molar-refractivity contribution in [3.8, 4) is 0 Å². The van der Waals surface area contributed by atoms with E-state index in [4.69, 9.17) is 10.5 Å². The number of pyridine rings is 1. The van der Waals surface area contributed by atoms with Crippen molar-refractivity contribution in [1.29, 1.82) is 0 Å². The number of nitrogens with zero attached hydrogens (tertiary/aromatic N) is 1. The molecule has 94 valence electrons. The Labute approximate surface area is 101 Å². The first kappa shape index (κ1) is 13.2. The summed E-state index contributed by atoms with van der Waals surface area (Å²) in [6, 6.07) is 3.61. The van der Waals surface area contributed by atoms with E-state index in [2.05, 4.69) is 15.6 Å². The Morgan fingerprint density at radius 1 is 1.47 bits per heavy atom. The number of methoxy groups -OCH3 is 1. The maximum Gasteiger partial charge on any atom is 0.245 e. The van der Waals surface area contributed by atoms with Crippen LogP contribution in [0, 0.1) is 0 Å². The maximum atomic E-state index is 11.0. The molecule has 0 aliphatic carbocycles. The van der Waals surface area contributed by atoms with Crippen molar-refractivity contribution in [2.24, 2.45) is 0 Å². The van der Waals surface area contributed by atoms with E-state index in [1.807, 2.05) is 6.07 Å². The van der Waals surface area contributed by atoms with Gasteiger partial charge in [-0.3, -0.25) is 4.79 Å². The molecule has 1 heterocycles. The first-order chi connectivity index (χ1) is 8.22. The molecule has 0 saturated heterocycles. The van der Waals surface area contributed by atoms with Crippen LogP contribution >= 0.6 is 0 Å². The van der Waals surface area contributed by atoms with E-state index in [-0.39, 0.29) is 12.5 Å².